The second kappa shape index (κ2) is 3.65. The molecule has 1 fully saturated rings. The van der Waals surface area contributed by atoms with E-state index in [2.05, 4.69) is 36.4 Å². The van der Waals surface area contributed by atoms with E-state index in [1.165, 1.54) is 12.0 Å². The lowest BCUT2D eigenvalue weighted by Crippen LogP contribution is -1.79. The summed E-state index contributed by atoms with van der Waals surface area (Å²) in [7, 11) is 1.69. The fourth-order valence-electron chi connectivity index (χ4n) is 1.69. The molecule has 2 rings (SSSR count). The topological polar surface area (TPSA) is 9.23 Å². The summed E-state index contributed by atoms with van der Waals surface area (Å²) in [5, 5.41) is 0. The Morgan fingerprint density at radius 1 is 1.31 bits per heavy atom. The van der Waals surface area contributed by atoms with E-state index >= 15 is 0 Å². The van der Waals surface area contributed by atoms with Crippen molar-refractivity contribution in [3.8, 4) is 0 Å². The van der Waals surface area contributed by atoms with Gasteiger partial charge in [0.05, 0.1) is 13.4 Å². The molecule has 0 aromatic heterocycles. The summed E-state index contributed by atoms with van der Waals surface area (Å²) in [5.74, 6) is 1.43. The molecule has 0 bridgehead atoms. The summed E-state index contributed by atoms with van der Waals surface area (Å²) in [6.45, 7) is 0. The first-order valence-corrected chi connectivity index (χ1v) is 4.66. The van der Waals surface area contributed by atoms with Crippen molar-refractivity contribution in [1.82, 2.24) is 0 Å². The largest absolute Gasteiger partial charge is 0.505 e. The number of benzene rings is 1. The minimum absolute atomic E-state index is 0.697. The van der Waals surface area contributed by atoms with Crippen LogP contribution in [-0.2, 0) is 4.74 Å². The molecule has 1 nitrogen and oxygen atoms in total. The van der Waals surface area contributed by atoms with Crippen molar-refractivity contribution in [2.45, 2.75) is 12.3 Å². The van der Waals surface area contributed by atoms with Crippen LogP contribution in [0.25, 0.3) is 0 Å². The van der Waals surface area contributed by atoms with Crippen LogP contribution in [0.15, 0.2) is 42.7 Å². The molecule has 0 N–H and O–H groups in total. The van der Waals surface area contributed by atoms with Gasteiger partial charge >= 0.3 is 0 Å². The van der Waals surface area contributed by atoms with Gasteiger partial charge in [0.1, 0.15) is 0 Å². The average Bonchev–Trinajstić information content (AvgIpc) is 2.95. The zero-order valence-corrected chi connectivity index (χ0v) is 7.81. The SMILES string of the molecule is COC=CC1CC1c1ccccc1. The molecule has 2 atom stereocenters. The third-order valence-electron chi connectivity index (χ3n) is 2.53. The van der Waals surface area contributed by atoms with E-state index < -0.39 is 0 Å². The molecule has 1 heteroatoms. The fraction of sp³-hybridized carbons (Fsp3) is 0.333. The molecule has 0 heterocycles. The van der Waals surface area contributed by atoms with E-state index in [1.807, 2.05) is 0 Å². The highest BCUT2D eigenvalue weighted by Crippen LogP contribution is 2.48. The van der Waals surface area contributed by atoms with Crippen LogP contribution < -0.4 is 0 Å². The van der Waals surface area contributed by atoms with Gasteiger partial charge in [-0.3, -0.25) is 0 Å². The van der Waals surface area contributed by atoms with E-state index in [0.29, 0.717) is 5.92 Å². The molecule has 1 saturated carbocycles. The predicted molar refractivity (Wildman–Crippen MR) is 53.4 cm³/mol. The standard InChI is InChI=1S/C12H14O/c1-13-8-7-11-9-12(11)10-5-3-2-4-6-10/h2-8,11-12H,9H2,1H3. The highest BCUT2D eigenvalue weighted by molar-refractivity contribution is 5.27. The lowest BCUT2D eigenvalue weighted by Gasteiger charge is -1.95. The van der Waals surface area contributed by atoms with Gasteiger partial charge in [0.25, 0.3) is 0 Å². The normalized spacial score (nSPS) is 26.2. The third-order valence-corrected chi connectivity index (χ3v) is 2.53. The van der Waals surface area contributed by atoms with Crippen molar-refractivity contribution in [2.24, 2.45) is 5.92 Å². The molecule has 0 amide bonds. The molecular weight excluding hydrogens is 160 g/mol. The smallest absolute Gasteiger partial charge is 0.0787 e. The van der Waals surface area contributed by atoms with Gasteiger partial charge in [-0.2, -0.15) is 0 Å². The Balaban J connectivity index is 1.97. The predicted octanol–water partition coefficient (Wildman–Crippen LogP) is 2.95. The van der Waals surface area contributed by atoms with Crippen LogP contribution in [0.4, 0.5) is 0 Å². The van der Waals surface area contributed by atoms with Gasteiger partial charge in [-0.25, -0.2) is 0 Å². The molecule has 0 aliphatic heterocycles. The second-order valence-corrected chi connectivity index (χ2v) is 3.48. The van der Waals surface area contributed by atoms with Crippen molar-refractivity contribution in [3.63, 3.8) is 0 Å². The van der Waals surface area contributed by atoms with Crippen LogP contribution in [0.3, 0.4) is 0 Å². The zero-order valence-electron chi connectivity index (χ0n) is 7.81. The van der Waals surface area contributed by atoms with Gasteiger partial charge in [0, 0.05) is 0 Å². The third kappa shape index (κ3) is 1.92. The Kier molecular flexibility index (Phi) is 2.35. The Morgan fingerprint density at radius 2 is 2.08 bits per heavy atom. The average molecular weight is 174 g/mol. The monoisotopic (exact) mass is 174 g/mol. The summed E-state index contributed by atoms with van der Waals surface area (Å²) < 4.78 is 4.90. The maximum absolute atomic E-state index is 4.90. The van der Waals surface area contributed by atoms with Crippen molar-refractivity contribution >= 4 is 0 Å². The van der Waals surface area contributed by atoms with E-state index in [-0.39, 0.29) is 0 Å². The van der Waals surface area contributed by atoms with Crippen LogP contribution in [-0.4, -0.2) is 7.11 Å². The van der Waals surface area contributed by atoms with Gasteiger partial charge in [0.2, 0.25) is 0 Å². The first-order chi connectivity index (χ1) is 6.42. The summed E-state index contributed by atoms with van der Waals surface area (Å²) in [4.78, 5) is 0. The Bertz CT molecular complexity index is 289. The molecule has 68 valence electrons. The Morgan fingerprint density at radius 3 is 2.77 bits per heavy atom. The number of hydrogen-bond donors (Lipinski definition) is 0. The molecule has 2 unspecified atom stereocenters. The maximum atomic E-state index is 4.90. The van der Waals surface area contributed by atoms with Crippen molar-refractivity contribution in [2.75, 3.05) is 7.11 Å². The van der Waals surface area contributed by atoms with Crippen LogP contribution in [0, 0.1) is 5.92 Å². The van der Waals surface area contributed by atoms with Crippen molar-refractivity contribution < 1.29 is 4.74 Å². The second-order valence-electron chi connectivity index (χ2n) is 3.48. The summed E-state index contributed by atoms with van der Waals surface area (Å²) in [6.07, 6.45) is 5.20. The van der Waals surface area contributed by atoms with Gasteiger partial charge in [-0.15, -0.1) is 0 Å². The van der Waals surface area contributed by atoms with Crippen LogP contribution in [0.2, 0.25) is 0 Å². The van der Waals surface area contributed by atoms with Crippen LogP contribution in [0.1, 0.15) is 17.9 Å². The van der Waals surface area contributed by atoms with E-state index in [1.54, 1.807) is 13.4 Å². The van der Waals surface area contributed by atoms with Gasteiger partial charge in [0.15, 0.2) is 0 Å². The molecule has 0 spiro atoms. The number of allylic oxidation sites excluding steroid dienone is 1. The number of hydrogen-bond acceptors (Lipinski definition) is 1. The van der Waals surface area contributed by atoms with Crippen LogP contribution >= 0.6 is 0 Å². The summed E-state index contributed by atoms with van der Waals surface area (Å²) in [6, 6.07) is 10.7. The van der Waals surface area contributed by atoms with Crippen molar-refractivity contribution in [3.05, 3.63) is 48.2 Å². The Hall–Kier alpha value is -1.24. The number of ether oxygens (including phenoxy) is 1. The zero-order chi connectivity index (χ0) is 9.10. The van der Waals surface area contributed by atoms with Gasteiger partial charge in [-0.05, 0) is 29.9 Å². The maximum Gasteiger partial charge on any atom is 0.0787 e. The molecule has 1 aromatic carbocycles. The minimum Gasteiger partial charge on any atom is -0.505 e. The molecule has 1 aliphatic carbocycles. The molecular formula is C12H14O. The number of methoxy groups -OCH3 is 1. The molecule has 13 heavy (non-hydrogen) atoms. The molecule has 0 saturated heterocycles. The fourth-order valence-corrected chi connectivity index (χ4v) is 1.69. The lowest BCUT2D eigenvalue weighted by molar-refractivity contribution is 0.336. The highest BCUT2D eigenvalue weighted by atomic mass is 16.5. The molecule has 0 radical (unpaired) electrons. The minimum atomic E-state index is 0.697. The van der Waals surface area contributed by atoms with Gasteiger partial charge in [-0.1, -0.05) is 30.3 Å². The highest BCUT2D eigenvalue weighted by Gasteiger charge is 2.35. The first-order valence-electron chi connectivity index (χ1n) is 4.66. The quantitative estimate of drug-likeness (QED) is 0.640. The Labute approximate surface area is 79.0 Å². The summed E-state index contributed by atoms with van der Waals surface area (Å²) in [5.41, 5.74) is 1.45. The summed E-state index contributed by atoms with van der Waals surface area (Å²) >= 11 is 0. The number of rotatable bonds is 3. The van der Waals surface area contributed by atoms with Gasteiger partial charge < -0.3 is 4.74 Å². The molecule has 1 aromatic rings. The van der Waals surface area contributed by atoms with Crippen molar-refractivity contribution in [1.29, 1.82) is 0 Å². The van der Waals surface area contributed by atoms with Crippen LogP contribution in [0.5, 0.6) is 0 Å². The molecule has 1 aliphatic rings. The van der Waals surface area contributed by atoms with E-state index in [9.17, 15) is 0 Å². The first kappa shape index (κ1) is 8.36. The van der Waals surface area contributed by atoms with E-state index in [4.69, 9.17) is 4.74 Å². The van der Waals surface area contributed by atoms with E-state index in [0.717, 1.165) is 5.92 Å². The lowest BCUT2D eigenvalue weighted by atomic mass is 10.1.